The van der Waals surface area contributed by atoms with Crippen LogP contribution < -0.4 is 5.73 Å². The highest BCUT2D eigenvalue weighted by molar-refractivity contribution is 5.32. The van der Waals surface area contributed by atoms with E-state index in [1.807, 2.05) is 0 Å². The molecule has 2 rings (SSSR count). The van der Waals surface area contributed by atoms with E-state index in [0.29, 0.717) is 5.41 Å². The Labute approximate surface area is 98.4 Å². The summed E-state index contributed by atoms with van der Waals surface area (Å²) in [6.45, 7) is 1.80. The Morgan fingerprint density at radius 3 is 2.56 bits per heavy atom. The second-order valence-corrected chi connectivity index (χ2v) is 5.28. The first-order chi connectivity index (χ1) is 7.66. The van der Waals surface area contributed by atoms with Gasteiger partial charge in [-0.25, -0.2) is 0 Å². The zero-order chi connectivity index (χ0) is 11.6. The highest BCUT2D eigenvalue weighted by atomic mass is 15.0. The van der Waals surface area contributed by atoms with Crippen LogP contribution in [0.25, 0.3) is 0 Å². The van der Waals surface area contributed by atoms with Gasteiger partial charge in [0.1, 0.15) is 0 Å². The van der Waals surface area contributed by atoms with Crippen LogP contribution in [0.5, 0.6) is 0 Å². The molecule has 0 aromatic heterocycles. The minimum atomic E-state index is 0.294. The van der Waals surface area contributed by atoms with Crippen molar-refractivity contribution in [3.63, 3.8) is 0 Å². The number of hydrogen-bond acceptors (Lipinski definition) is 2. The van der Waals surface area contributed by atoms with Crippen LogP contribution in [0.2, 0.25) is 0 Å². The topological polar surface area (TPSA) is 29.3 Å². The summed E-state index contributed by atoms with van der Waals surface area (Å²) in [5.41, 5.74) is 9.07. The average Bonchev–Trinajstić information content (AvgIpc) is 2.16. The summed E-state index contributed by atoms with van der Waals surface area (Å²) in [6.07, 6.45) is 3.85. The average molecular weight is 218 g/mol. The first-order valence-electron chi connectivity index (χ1n) is 6.10. The maximum atomic E-state index is 5.94. The lowest BCUT2D eigenvalue weighted by atomic mass is 9.64. The summed E-state index contributed by atoms with van der Waals surface area (Å²) in [5.74, 6) is 0. The highest BCUT2D eigenvalue weighted by Crippen LogP contribution is 2.42. The van der Waals surface area contributed by atoms with Gasteiger partial charge in [-0.05, 0) is 38.1 Å². The molecular weight excluding hydrogens is 196 g/mol. The molecule has 0 bridgehead atoms. The van der Waals surface area contributed by atoms with Gasteiger partial charge in [0.15, 0.2) is 0 Å². The Balaban J connectivity index is 2.21. The third kappa shape index (κ3) is 2.13. The SMILES string of the molecule is CN(C)Cc1cccc(C2(CN)CCC2)c1. The highest BCUT2D eigenvalue weighted by Gasteiger charge is 2.37. The van der Waals surface area contributed by atoms with Crippen molar-refractivity contribution in [2.24, 2.45) is 5.73 Å². The Morgan fingerprint density at radius 2 is 2.06 bits per heavy atom. The lowest BCUT2D eigenvalue weighted by Gasteiger charge is -2.41. The maximum Gasteiger partial charge on any atom is 0.0227 e. The van der Waals surface area contributed by atoms with E-state index in [0.717, 1.165) is 13.1 Å². The lowest BCUT2D eigenvalue weighted by molar-refractivity contribution is 0.252. The molecular formula is C14H22N2. The molecule has 0 amide bonds. The first-order valence-corrected chi connectivity index (χ1v) is 6.10. The molecule has 0 saturated heterocycles. The predicted molar refractivity (Wildman–Crippen MR) is 68.4 cm³/mol. The van der Waals surface area contributed by atoms with Gasteiger partial charge in [-0.15, -0.1) is 0 Å². The molecule has 2 heteroatoms. The molecule has 0 aliphatic heterocycles. The Morgan fingerprint density at radius 1 is 1.31 bits per heavy atom. The van der Waals surface area contributed by atoms with Crippen LogP contribution in [0.3, 0.4) is 0 Å². The first kappa shape index (κ1) is 11.6. The number of nitrogens with two attached hydrogens (primary N) is 1. The molecule has 1 aromatic rings. The number of hydrogen-bond donors (Lipinski definition) is 1. The molecule has 1 aromatic carbocycles. The molecule has 1 fully saturated rings. The molecule has 1 aliphatic carbocycles. The summed E-state index contributed by atoms with van der Waals surface area (Å²) < 4.78 is 0. The van der Waals surface area contributed by atoms with Crippen LogP contribution in [0, 0.1) is 0 Å². The van der Waals surface area contributed by atoms with Gasteiger partial charge in [-0.2, -0.15) is 0 Å². The zero-order valence-electron chi connectivity index (χ0n) is 10.4. The molecule has 1 aliphatic rings. The van der Waals surface area contributed by atoms with E-state index in [2.05, 4.69) is 43.3 Å². The third-order valence-electron chi connectivity index (χ3n) is 3.74. The van der Waals surface area contributed by atoms with Crippen LogP contribution in [0.4, 0.5) is 0 Å². The van der Waals surface area contributed by atoms with Crippen molar-refractivity contribution in [1.29, 1.82) is 0 Å². The third-order valence-corrected chi connectivity index (χ3v) is 3.74. The van der Waals surface area contributed by atoms with Crippen LogP contribution in [-0.2, 0) is 12.0 Å². The normalized spacial score (nSPS) is 18.5. The van der Waals surface area contributed by atoms with Gasteiger partial charge in [-0.3, -0.25) is 0 Å². The summed E-state index contributed by atoms with van der Waals surface area (Å²) >= 11 is 0. The van der Waals surface area contributed by atoms with E-state index in [4.69, 9.17) is 5.73 Å². The van der Waals surface area contributed by atoms with Crippen molar-refractivity contribution in [1.82, 2.24) is 4.90 Å². The molecule has 2 nitrogen and oxygen atoms in total. The lowest BCUT2D eigenvalue weighted by Crippen LogP contribution is -2.41. The van der Waals surface area contributed by atoms with Crippen molar-refractivity contribution in [3.05, 3.63) is 35.4 Å². The van der Waals surface area contributed by atoms with Gasteiger partial charge < -0.3 is 10.6 Å². The van der Waals surface area contributed by atoms with Gasteiger partial charge in [-0.1, -0.05) is 30.7 Å². The standard InChI is InChI=1S/C14H22N2/c1-16(2)10-12-5-3-6-13(9-12)14(11-15)7-4-8-14/h3,5-6,9H,4,7-8,10-11,15H2,1-2H3. The molecule has 88 valence electrons. The van der Waals surface area contributed by atoms with E-state index in [-0.39, 0.29) is 0 Å². The molecule has 0 heterocycles. The van der Waals surface area contributed by atoms with E-state index < -0.39 is 0 Å². The smallest absolute Gasteiger partial charge is 0.0227 e. The molecule has 0 radical (unpaired) electrons. The van der Waals surface area contributed by atoms with Crippen LogP contribution in [0.15, 0.2) is 24.3 Å². The van der Waals surface area contributed by atoms with Gasteiger partial charge in [0.25, 0.3) is 0 Å². The zero-order valence-corrected chi connectivity index (χ0v) is 10.4. The number of rotatable bonds is 4. The maximum absolute atomic E-state index is 5.94. The largest absolute Gasteiger partial charge is 0.330 e. The summed E-state index contributed by atoms with van der Waals surface area (Å²) in [7, 11) is 4.21. The minimum Gasteiger partial charge on any atom is -0.330 e. The minimum absolute atomic E-state index is 0.294. The fraction of sp³-hybridized carbons (Fsp3) is 0.571. The Hall–Kier alpha value is -0.860. The second kappa shape index (κ2) is 4.56. The van der Waals surface area contributed by atoms with Crippen molar-refractivity contribution >= 4 is 0 Å². The molecule has 0 spiro atoms. The fourth-order valence-corrected chi connectivity index (χ4v) is 2.58. The van der Waals surface area contributed by atoms with Crippen LogP contribution in [0.1, 0.15) is 30.4 Å². The predicted octanol–water partition coefficient (Wildman–Crippen LogP) is 2.13. The van der Waals surface area contributed by atoms with Crippen LogP contribution in [-0.4, -0.2) is 25.5 Å². The summed E-state index contributed by atoms with van der Waals surface area (Å²) in [4.78, 5) is 2.20. The van der Waals surface area contributed by atoms with Gasteiger partial charge in [0.05, 0.1) is 0 Å². The molecule has 2 N–H and O–H groups in total. The van der Waals surface area contributed by atoms with E-state index in [9.17, 15) is 0 Å². The van der Waals surface area contributed by atoms with Crippen LogP contribution >= 0.6 is 0 Å². The number of nitrogens with zero attached hydrogens (tertiary/aromatic N) is 1. The monoisotopic (exact) mass is 218 g/mol. The Bertz CT molecular complexity index is 348. The fourth-order valence-electron chi connectivity index (χ4n) is 2.58. The van der Waals surface area contributed by atoms with Crippen molar-refractivity contribution in [2.75, 3.05) is 20.6 Å². The van der Waals surface area contributed by atoms with Gasteiger partial charge in [0, 0.05) is 18.5 Å². The number of benzene rings is 1. The quantitative estimate of drug-likeness (QED) is 0.839. The summed E-state index contributed by atoms with van der Waals surface area (Å²) in [6, 6.07) is 8.95. The van der Waals surface area contributed by atoms with E-state index >= 15 is 0 Å². The summed E-state index contributed by atoms with van der Waals surface area (Å²) in [5, 5.41) is 0. The molecule has 0 unspecified atom stereocenters. The van der Waals surface area contributed by atoms with E-state index in [1.165, 1.54) is 30.4 Å². The molecule has 16 heavy (non-hydrogen) atoms. The van der Waals surface area contributed by atoms with Crippen molar-refractivity contribution in [2.45, 2.75) is 31.2 Å². The van der Waals surface area contributed by atoms with Crippen molar-refractivity contribution < 1.29 is 0 Å². The second-order valence-electron chi connectivity index (χ2n) is 5.28. The van der Waals surface area contributed by atoms with Crippen molar-refractivity contribution in [3.8, 4) is 0 Å². The molecule has 0 atom stereocenters. The van der Waals surface area contributed by atoms with E-state index in [1.54, 1.807) is 0 Å². The Kier molecular flexibility index (Phi) is 3.31. The molecule has 1 saturated carbocycles. The van der Waals surface area contributed by atoms with Gasteiger partial charge >= 0.3 is 0 Å². The van der Waals surface area contributed by atoms with Gasteiger partial charge in [0.2, 0.25) is 0 Å².